The van der Waals surface area contributed by atoms with Crippen molar-refractivity contribution < 1.29 is 14.3 Å². The largest absolute Gasteiger partial charge is 0.465 e. The van der Waals surface area contributed by atoms with E-state index in [0.717, 1.165) is 41.1 Å². The second-order valence-corrected chi connectivity index (χ2v) is 10.3. The number of nitrogens with zero attached hydrogens (tertiary/aromatic N) is 2. The molecule has 8 heteroatoms. The molecule has 1 N–H and O–H groups in total. The minimum Gasteiger partial charge on any atom is -0.465 e. The van der Waals surface area contributed by atoms with Gasteiger partial charge in [-0.25, -0.2) is 14.8 Å². The Balaban J connectivity index is 1.45. The first-order valence-corrected chi connectivity index (χ1v) is 12.8. The first-order valence-electron chi connectivity index (χ1n) is 11.0. The highest BCUT2D eigenvalue weighted by atomic mass is 32.2. The van der Waals surface area contributed by atoms with Gasteiger partial charge in [0.1, 0.15) is 5.00 Å². The Bertz CT molecular complexity index is 1140. The number of nitrogens with one attached hydrogen (secondary N) is 1. The summed E-state index contributed by atoms with van der Waals surface area (Å²) >= 11 is 2.96. The molecule has 1 aromatic carbocycles. The fourth-order valence-electron chi connectivity index (χ4n) is 4.18. The SMILES string of the molecule is COC(=O)c1c(NC(=O)CCSc2nc(C)cc(C)n2)sc2c1CCC(c1ccccc1)C2. The molecule has 0 fully saturated rings. The highest BCUT2D eigenvalue weighted by molar-refractivity contribution is 7.99. The molecule has 1 unspecified atom stereocenters. The van der Waals surface area contributed by atoms with Crippen LogP contribution in [0, 0.1) is 13.8 Å². The van der Waals surface area contributed by atoms with E-state index in [2.05, 4.69) is 39.6 Å². The number of ether oxygens (including phenoxy) is 1. The van der Waals surface area contributed by atoms with E-state index in [4.69, 9.17) is 4.74 Å². The Morgan fingerprint density at radius 3 is 2.61 bits per heavy atom. The topological polar surface area (TPSA) is 81.2 Å². The average Bonchev–Trinajstić information content (AvgIpc) is 3.15. The number of carbonyl (C=O) groups excluding carboxylic acids is 2. The van der Waals surface area contributed by atoms with Gasteiger partial charge >= 0.3 is 5.97 Å². The van der Waals surface area contributed by atoms with Gasteiger partial charge in [0.15, 0.2) is 5.16 Å². The summed E-state index contributed by atoms with van der Waals surface area (Å²) in [5, 5.41) is 4.24. The van der Waals surface area contributed by atoms with Gasteiger partial charge in [-0.05, 0) is 56.2 Å². The van der Waals surface area contributed by atoms with Crippen LogP contribution in [0.25, 0.3) is 0 Å². The molecular formula is C25H27N3O3S2. The number of benzene rings is 1. The average molecular weight is 482 g/mol. The van der Waals surface area contributed by atoms with E-state index < -0.39 is 0 Å². The van der Waals surface area contributed by atoms with Gasteiger partial charge in [-0.15, -0.1) is 11.3 Å². The molecular weight excluding hydrogens is 454 g/mol. The molecule has 4 rings (SSSR count). The number of aromatic nitrogens is 2. The van der Waals surface area contributed by atoms with E-state index in [1.807, 2.05) is 26.0 Å². The number of carbonyl (C=O) groups is 2. The fraction of sp³-hybridized carbons (Fsp3) is 0.360. The summed E-state index contributed by atoms with van der Waals surface area (Å²) in [5.74, 6) is 0.457. The number of fused-ring (bicyclic) bond motifs is 1. The maximum atomic E-state index is 12.7. The standard InChI is InChI=1S/C25H27N3O3S2/c1-15-13-16(2)27-25(26-15)32-12-11-21(29)28-23-22(24(30)31-3)19-10-9-18(14-20(19)33-23)17-7-5-4-6-8-17/h4-8,13,18H,9-12,14H2,1-3H3,(H,28,29). The fourth-order valence-corrected chi connectivity index (χ4v) is 6.40. The summed E-state index contributed by atoms with van der Waals surface area (Å²) in [6.07, 6.45) is 2.93. The molecule has 2 aromatic heterocycles. The summed E-state index contributed by atoms with van der Waals surface area (Å²) < 4.78 is 5.05. The number of rotatable bonds is 7. The molecule has 3 aromatic rings. The van der Waals surface area contributed by atoms with Crippen molar-refractivity contribution in [3.05, 3.63) is 69.4 Å². The number of amides is 1. The molecule has 0 aliphatic heterocycles. The van der Waals surface area contributed by atoms with E-state index in [-0.39, 0.29) is 11.9 Å². The molecule has 0 bridgehead atoms. The third-order valence-electron chi connectivity index (χ3n) is 5.70. The zero-order chi connectivity index (χ0) is 23.4. The Morgan fingerprint density at radius 2 is 1.91 bits per heavy atom. The van der Waals surface area contributed by atoms with Crippen LogP contribution in [0.4, 0.5) is 5.00 Å². The smallest absolute Gasteiger partial charge is 0.341 e. The van der Waals surface area contributed by atoms with Crippen molar-refractivity contribution in [2.24, 2.45) is 0 Å². The monoisotopic (exact) mass is 481 g/mol. The van der Waals surface area contributed by atoms with Gasteiger partial charge in [-0.2, -0.15) is 0 Å². The Morgan fingerprint density at radius 1 is 1.18 bits per heavy atom. The number of hydrogen-bond acceptors (Lipinski definition) is 7. The molecule has 33 heavy (non-hydrogen) atoms. The molecule has 1 aliphatic carbocycles. The van der Waals surface area contributed by atoms with E-state index in [0.29, 0.717) is 33.8 Å². The maximum absolute atomic E-state index is 12.7. The van der Waals surface area contributed by atoms with Crippen LogP contribution in [0.3, 0.4) is 0 Å². The molecule has 0 saturated heterocycles. The van der Waals surface area contributed by atoms with Crippen molar-refractivity contribution in [3.8, 4) is 0 Å². The zero-order valence-corrected chi connectivity index (χ0v) is 20.6. The summed E-state index contributed by atoms with van der Waals surface area (Å²) in [7, 11) is 1.38. The summed E-state index contributed by atoms with van der Waals surface area (Å²) in [6, 6.07) is 12.4. The minimum atomic E-state index is -0.390. The van der Waals surface area contributed by atoms with Crippen molar-refractivity contribution in [1.29, 1.82) is 0 Å². The molecule has 2 heterocycles. The second-order valence-electron chi connectivity index (χ2n) is 8.13. The van der Waals surface area contributed by atoms with Gasteiger partial charge < -0.3 is 10.1 Å². The number of methoxy groups -OCH3 is 1. The van der Waals surface area contributed by atoms with Crippen molar-refractivity contribution >= 4 is 40.0 Å². The lowest BCUT2D eigenvalue weighted by molar-refractivity contribution is -0.115. The third kappa shape index (κ3) is 5.62. The quantitative estimate of drug-likeness (QED) is 0.279. The third-order valence-corrected chi connectivity index (χ3v) is 7.72. The molecule has 172 valence electrons. The Labute approximate surface area is 202 Å². The lowest BCUT2D eigenvalue weighted by Crippen LogP contribution is -2.16. The molecule has 0 saturated carbocycles. The number of anilines is 1. The minimum absolute atomic E-state index is 0.129. The number of thiophene rings is 1. The number of esters is 1. The van der Waals surface area contributed by atoms with Crippen molar-refractivity contribution in [2.75, 3.05) is 18.2 Å². The van der Waals surface area contributed by atoms with Gasteiger partial charge in [-0.3, -0.25) is 4.79 Å². The van der Waals surface area contributed by atoms with E-state index in [1.165, 1.54) is 35.8 Å². The van der Waals surface area contributed by atoms with Gasteiger partial charge in [0.05, 0.1) is 12.7 Å². The predicted molar refractivity (Wildman–Crippen MR) is 132 cm³/mol. The summed E-state index contributed by atoms with van der Waals surface area (Å²) in [6.45, 7) is 3.86. The van der Waals surface area contributed by atoms with E-state index in [9.17, 15) is 9.59 Å². The maximum Gasteiger partial charge on any atom is 0.341 e. The molecule has 1 aliphatic rings. The molecule has 6 nitrogen and oxygen atoms in total. The lowest BCUT2D eigenvalue weighted by Gasteiger charge is -2.22. The molecule has 1 atom stereocenters. The van der Waals surface area contributed by atoms with Crippen molar-refractivity contribution in [1.82, 2.24) is 9.97 Å². The van der Waals surface area contributed by atoms with E-state index >= 15 is 0 Å². The summed E-state index contributed by atoms with van der Waals surface area (Å²) in [4.78, 5) is 35.2. The predicted octanol–water partition coefficient (Wildman–Crippen LogP) is 5.33. The zero-order valence-electron chi connectivity index (χ0n) is 19.0. The number of hydrogen-bond donors (Lipinski definition) is 1. The number of aryl methyl sites for hydroxylation is 2. The molecule has 1 amide bonds. The van der Waals surface area contributed by atoms with Crippen molar-refractivity contribution in [2.45, 2.75) is 50.6 Å². The van der Waals surface area contributed by atoms with Gasteiger partial charge in [0.25, 0.3) is 0 Å². The normalized spacial score (nSPS) is 15.1. The lowest BCUT2D eigenvalue weighted by atomic mass is 9.83. The summed E-state index contributed by atoms with van der Waals surface area (Å²) in [5.41, 5.74) is 4.67. The number of thioether (sulfide) groups is 1. The van der Waals surface area contributed by atoms with Gasteiger partial charge in [0, 0.05) is 28.4 Å². The highest BCUT2D eigenvalue weighted by Gasteiger charge is 2.30. The van der Waals surface area contributed by atoms with Crippen LogP contribution in [-0.2, 0) is 22.4 Å². The first-order chi connectivity index (χ1) is 15.9. The molecule has 0 radical (unpaired) electrons. The van der Waals surface area contributed by atoms with Crippen molar-refractivity contribution in [3.63, 3.8) is 0 Å². The van der Waals surface area contributed by atoms with Crippen LogP contribution in [0.15, 0.2) is 41.6 Å². The van der Waals surface area contributed by atoms with E-state index in [1.54, 1.807) is 0 Å². The van der Waals surface area contributed by atoms with Gasteiger partial charge in [0.2, 0.25) is 5.91 Å². The van der Waals surface area contributed by atoms with Crippen LogP contribution in [0.1, 0.15) is 56.5 Å². The highest BCUT2D eigenvalue weighted by Crippen LogP contribution is 2.42. The van der Waals surface area contributed by atoms with Crippen LogP contribution in [0.2, 0.25) is 0 Å². The van der Waals surface area contributed by atoms with Crippen LogP contribution >= 0.6 is 23.1 Å². The van der Waals surface area contributed by atoms with Crippen LogP contribution < -0.4 is 5.32 Å². The second kappa shape index (κ2) is 10.5. The van der Waals surface area contributed by atoms with Crippen LogP contribution in [0.5, 0.6) is 0 Å². The first kappa shape index (κ1) is 23.4. The molecule has 0 spiro atoms. The van der Waals surface area contributed by atoms with Crippen LogP contribution in [-0.4, -0.2) is 34.7 Å². The Hall–Kier alpha value is -2.71. The Kier molecular flexibility index (Phi) is 7.45. The van der Waals surface area contributed by atoms with Gasteiger partial charge in [-0.1, -0.05) is 42.1 Å².